The Kier molecular flexibility index (Phi) is 10.7. The zero-order valence-corrected chi connectivity index (χ0v) is 37.4. The Morgan fingerprint density at radius 3 is 1.34 bits per heavy atom. The van der Waals surface area contributed by atoms with Crippen LogP contribution in [0.15, 0.2) is 132 Å². The van der Waals surface area contributed by atoms with Gasteiger partial charge in [0.2, 0.25) is 0 Å². The zero-order valence-electron chi connectivity index (χ0n) is 37.4. The minimum Gasteiger partial charge on any atom is -0.497 e. The highest BCUT2D eigenvalue weighted by molar-refractivity contribution is 5.97. The molecular formula is C56H50N4O4. The Labute approximate surface area is 373 Å². The van der Waals surface area contributed by atoms with Gasteiger partial charge in [0.15, 0.2) is 0 Å². The molecule has 2 unspecified atom stereocenters. The fourth-order valence-electron chi connectivity index (χ4n) is 8.90. The molecule has 0 fully saturated rings. The number of methoxy groups -OCH3 is 2. The van der Waals surface area contributed by atoms with Crippen molar-refractivity contribution >= 4 is 58.3 Å². The maximum Gasteiger partial charge on any atom is 0.129 e. The number of benzene rings is 2. The van der Waals surface area contributed by atoms with E-state index in [9.17, 15) is 9.59 Å². The largest absolute Gasteiger partial charge is 0.497 e. The molecule has 8 nitrogen and oxygen atoms in total. The number of nitrogens with one attached hydrogen (secondary N) is 2. The maximum absolute atomic E-state index is 12.7. The molecule has 5 heterocycles. The summed E-state index contributed by atoms with van der Waals surface area (Å²) in [7, 11) is 3.15. The van der Waals surface area contributed by atoms with Gasteiger partial charge in [0.05, 0.1) is 48.1 Å². The molecule has 0 spiro atoms. The van der Waals surface area contributed by atoms with Crippen molar-refractivity contribution in [2.45, 2.75) is 64.2 Å². The number of hydrogen-bond acceptors (Lipinski definition) is 6. The minimum absolute atomic E-state index is 0.0242. The van der Waals surface area contributed by atoms with Gasteiger partial charge in [-0.25, -0.2) is 19.6 Å². The van der Waals surface area contributed by atoms with Crippen LogP contribution in [0.4, 0.5) is 0 Å². The van der Waals surface area contributed by atoms with E-state index in [-0.39, 0.29) is 10.8 Å². The number of allylic oxidation sites excluding steroid dienone is 8. The fraction of sp³-hybridized carbons (Fsp3) is 0.214. The van der Waals surface area contributed by atoms with Crippen molar-refractivity contribution in [2.75, 3.05) is 14.2 Å². The third kappa shape index (κ3) is 7.68. The van der Waals surface area contributed by atoms with Gasteiger partial charge in [0.25, 0.3) is 0 Å². The molecule has 0 saturated heterocycles. The second-order valence-corrected chi connectivity index (χ2v) is 18.5. The van der Waals surface area contributed by atoms with Crippen LogP contribution in [-0.2, 0) is 29.9 Å². The molecule has 64 heavy (non-hydrogen) atoms. The standard InChI is InChI=1S/C56H50N4O4/c1-55(2,3)37-13-9-33(10-14-37)51-43-21-22-44(57-43)52(34-11-15-38(16-12-34)56(4,5)6)46-24-26-48(59-46)54(42-20-18-40(64-8)30-36(42)32-62)50-28-27-49(60-50)53(47-25-23-45(51)58-47)41-19-17-39(63-7)29-35(41)31-61/h9-30,41-42,57-58H,1-8H3. The van der Waals surface area contributed by atoms with Crippen LogP contribution in [0.2, 0.25) is 0 Å². The van der Waals surface area contributed by atoms with E-state index in [0.29, 0.717) is 39.7 Å². The summed E-state index contributed by atoms with van der Waals surface area (Å²) in [4.78, 5) is 43.9. The van der Waals surface area contributed by atoms with Crippen molar-refractivity contribution in [1.82, 2.24) is 19.9 Å². The normalized spacial score (nSPS) is 16.9. The molecule has 2 aliphatic heterocycles. The third-order valence-electron chi connectivity index (χ3n) is 12.4. The Bertz CT molecular complexity index is 3190. The first kappa shape index (κ1) is 41.8. The van der Waals surface area contributed by atoms with Crippen molar-refractivity contribution in [3.05, 3.63) is 177 Å². The summed E-state index contributed by atoms with van der Waals surface area (Å²) in [6, 6.07) is 25.9. The topological polar surface area (TPSA) is 110 Å². The van der Waals surface area contributed by atoms with Crippen LogP contribution in [-0.4, -0.2) is 46.0 Å². The fourth-order valence-corrected chi connectivity index (χ4v) is 8.90. The maximum atomic E-state index is 12.7. The number of aromatic nitrogens is 4. The van der Waals surface area contributed by atoms with E-state index in [0.717, 1.165) is 61.1 Å². The van der Waals surface area contributed by atoms with Gasteiger partial charge in [-0.2, -0.15) is 0 Å². The van der Waals surface area contributed by atoms with Crippen LogP contribution in [0.5, 0.6) is 0 Å². The summed E-state index contributed by atoms with van der Waals surface area (Å²) in [5, 5.41) is 0. The van der Waals surface area contributed by atoms with E-state index >= 15 is 0 Å². The molecule has 0 amide bonds. The first-order chi connectivity index (χ1) is 30.8. The summed E-state index contributed by atoms with van der Waals surface area (Å²) >= 11 is 0. The van der Waals surface area contributed by atoms with Crippen molar-refractivity contribution in [3.63, 3.8) is 0 Å². The van der Waals surface area contributed by atoms with Crippen LogP contribution in [0.25, 0.3) is 68.6 Å². The smallest absolute Gasteiger partial charge is 0.129 e. The highest BCUT2D eigenvalue weighted by Gasteiger charge is 2.29. The van der Waals surface area contributed by atoms with Gasteiger partial charge in [-0.3, -0.25) is 0 Å². The monoisotopic (exact) mass is 842 g/mol. The van der Waals surface area contributed by atoms with Gasteiger partial charge in [-0.1, -0.05) is 102 Å². The van der Waals surface area contributed by atoms with Gasteiger partial charge in [-0.05, 0) is 106 Å². The number of carbonyl (C=O) groups excluding carboxylic acids is 2. The minimum atomic E-state index is -0.540. The lowest BCUT2D eigenvalue weighted by molar-refractivity contribution is 0.305. The summed E-state index contributed by atoms with van der Waals surface area (Å²) in [6.07, 6.45) is 19.0. The molecular weight excluding hydrogens is 793 g/mol. The molecule has 0 saturated carbocycles. The number of rotatable bonds is 6. The van der Waals surface area contributed by atoms with Crippen LogP contribution in [0, 0.1) is 0 Å². The molecule has 2 N–H and O–H groups in total. The van der Waals surface area contributed by atoms with Crippen LogP contribution < -0.4 is 0 Å². The van der Waals surface area contributed by atoms with E-state index in [4.69, 9.17) is 19.4 Å². The molecule has 4 aliphatic rings. The highest BCUT2D eigenvalue weighted by Crippen LogP contribution is 2.42. The van der Waals surface area contributed by atoms with Crippen molar-refractivity contribution in [3.8, 4) is 22.3 Å². The summed E-state index contributed by atoms with van der Waals surface area (Å²) in [6.45, 7) is 13.3. The Morgan fingerprint density at radius 1 is 0.484 bits per heavy atom. The average Bonchev–Trinajstić information content (AvgIpc) is 4.14. The highest BCUT2D eigenvalue weighted by atomic mass is 16.5. The van der Waals surface area contributed by atoms with Crippen LogP contribution in [0.1, 0.15) is 98.4 Å². The Balaban J connectivity index is 1.43. The number of fused-ring (bicyclic) bond motifs is 8. The predicted molar refractivity (Wildman–Crippen MR) is 259 cm³/mol. The Hall–Kier alpha value is -7.50. The zero-order chi connectivity index (χ0) is 44.9. The molecule has 2 aromatic carbocycles. The lowest BCUT2D eigenvalue weighted by atomic mass is 9.86. The number of ether oxygens (including phenoxy) is 2. The van der Waals surface area contributed by atoms with E-state index in [1.165, 1.54) is 11.1 Å². The van der Waals surface area contributed by atoms with Gasteiger partial charge >= 0.3 is 0 Å². The van der Waals surface area contributed by atoms with Gasteiger partial charge in [-0.15, -0.1) is 0 Å². The number of hydrogen-bond donors (Lipinski definition) is 2. The first-order valence-corrected chi connectivity index (χ1v) is 21.5. The average molecular weight is 843 g/mol. The number of H-pyrrole nitrogens is 2. The molecule has 3 aromatic heterocycles. The molecule has 2 aliphatic carbocycles. The molecule has 318 valence electrons. The first-order valence-electron chi connectivity index (χ1n) is 21.5. The Morgan fingerprint density at radius 2 is 0.875 bits per heavy atom. The molecule has 5 aromatic rings. The summed E-state index contributed by atoms with van der Waals surface area (Å²) < 4.78 is 11.1. The lowest BCUT2D eigenvalue weighted by Crippen LogP contribution is -2.10. The number of aromatic amines is 2. The number of nitrogens with zero attached hydrogens (tertiary/aromatic N) is 2. The third-order valence-corrected chi connectivity index (χ3v) is 12.4. The predicted octanol–water partition coefficient (Wildman–Crippen LogP) is 12.5. The van der Waals surface area contributed by atoms with Crippen molar-refractivity contribution in [1.29, 1.82) is 0 Å². The molecule has 9 rings (SSSR count). The van der Waals surface area contributed by atoms with E-state index in [1.807, 2.05) is 54.7 Å². The molecule has 8 bridgehead atoms. The molecule has 2 atom stereocenters. The van der Waals surface area contributed by atoms with Crippen molar-refractivity contribution in [2.24, 2.45) is 0 Å². The SMILES string of the molecule is COC1=CC(=C=O)C(c2c3nc(c(-c4ccc(C(C)(C)C)cc4)c4ccc([nH]4)c(-c4ccc(C(C)(C)C)cc4)c4ccc([nH]4)c(C4C=CC(OC)=CC4=C=O)c4nc2C=C4)C=C3)C=C1. The summed E-state index contributed by atoms with van der Waals surface area (Å²) in [5.74, 6) is 4.43. The van der Waals surface area contributed by atoms with E-state index < -0.39 is 11.8 Å². The van der Waals surface area contributed by atoms with Crippen molar-refractivity contribution < 1.29 is 19.1 Å². The van der Waals surface area contributed by atoms with Gasteiger partial charge in [0, 0.05) is 56.2 Å². The molecule has 8 heteroatoms. The van der Waals surface area contributed by atoms with Crippen LogP contribution >= 0.6 is 0 Å². The molecule has 0 radical (unpaired) electrons. The summed E-state index contributed by atoms with van der Waals surface area (Å²) in [5.41, 5.74) is 14.8. The van der Waals surface area contributed by atoms with Crippen LogP contribution in [0.3, 0.4) is 0 Å². The van der Waals surface area contributed by atoms with Gasteiger partial charge < -0.3 is 19.4 Å². The lowest BCUT2D eigenvalue weighted by Gasteiger charge is -2.19. The van der Waals surface area contributed by atoms with E-state index in [1.54, 1.807) is 26.4 Å². The second-order valence-electron chi connectivity index (χ2n) is 18.5. The quantitative estimate of drug-likeness (QED) is 0.161. The second kappa shape index (κ2) is 16.3. The van der Waals surface area contributed by atoms with Gasteiger partial charge in [0.1, 0.15) is 23.4 Å². The van der Waals surface area contributed by atoms with E-state index in [2.05, 4.69) is 130 Å².